The van der Waals surface area contributed by atoms with Gasteiger partial charge in [0.2, 0.25) is 0 Å². The Labute approximate surface area is 197 Å². The van der Waals surface area contributed by atoms with Crippen molar-refractivity contribution in [2.24, 2.45) is 0 Å². The highest BCUT2D eigenvalue weighted by Gasteiger charge is 2.13. The van der Waals surface area contributed by atoms with Crippen molar-refractivity contribution < 1.29 is 23.5 Å². The number of furan rings is 1. The Kier molecular flexibility index (Phi) is 8.04. The lowest BCUT2D eigenvalue weighted by Crippen LogP contribution is -2.34. The second-order valence-electron chi connectivity index (χ2n) is 6.93. The molecule has 0 aliphatic rings. The smallest absolute Gasteiger partial charge is 0.291 e. The first-order valence-corrected chi connectivity index (χ1v) is 10.8. The minimum atomic E-state index is -0.394. The van der Waals surface area contributed by atoms with E-state index in [1.807, 2.05) is 20.8 Å². The SMILES string of the molecule is CCOc1cc(OCC)cc(C(=O)NC(=S)Nc2ccc(NC(=O)c3ccco3)c(C)c2)c1. The topological polar surface area (TPSA) is 102 Å². The highest BCUT2D eigenvalue weighted by Crippen LogP contribution is 2.24. The predicted octanol–water partition coefficient (Wildman–Crippen LogP) is 4.76. The van der Waals surface area contributed by atoms with Crippen molar-refractivity contribution in [2.45, 2.75) is 20.8 Å². The third-order valence-electron chi connectivity index (χ3n) is 4.47. The first-order chi connectivity index (χ1) is 15.9. The summed E-state index contributed by atoms with van der Waals surface area (Å²) in [4.78, 5) is 24.9. The van der Waals surface area contributed by atoms with Crippen molar-refractivity contribution >= 4 is 40.5 Å². The molecule has 1 heterocycles. The van der Waals surface area contributed by atoms with Gasteiger partial charge in [0.1, 0.15) is 11.5 Å². The third-order valence-corrected chi connectivity index (χ3v) is 4.67. The molecule has 33 heavy (non-hydrogen) atoms. The van der Waals surface area contributed by atoms with Crippen LogP contribution in [-0.2, 0) is 0 Å². The summed E-state index contributed by atoms with van der Waals surface area (Å²) in [6.07, 6.45) is 1.44. The van der Waals surface area contributed by atoms with E-state index in [1.54, 1.807) is 48.5 Å². The quantitative estimate of drug-likeness (QED) is 0.410. The minimum Gasteiger partial charge on any atom is -0.494 e. The first kappa shape index (κ1) is 23.8. The van der Waals surface area contributed by atoms with Crippen LogP contribution in [0.25, 0.3) is 0 Å². The average Bonchev–Trinajstić information content (AvgIpc) is 3.31. The number of ether oxygens (including phenoxy) is 2. The summed E-state index contributed by atoms with van der Waals surface area (Å²) in [5.74, 6) is 0.563. The van der Waals surface area contributed by atoms with Gasteiger partial charge in [-0.1, -0.05) is 0 Å². The largest absolute Gasteiger partial charge is 0.494 e. The van der Waals surface area contributed by atoms with E-state index >= 15 is 0 Å². The van der Waals surface area contributed by atoms with Gasteiger partial charge in [0.15, 0.2) is 10.9 Å². The zero-order valence-corrected chi connectivity index (χ0v) is 19.4. The molecule has 0 spiro atoms. The maximum absolute atomic E-state index is 12.7. The molecule has 0 saturated carbocycles. The van der Waals surface area contributed by atoms with Gasteiger partial charge in [-0.05, 0) is 81.0 Å². The van der Waals surface area contributed by atoms with Gasteiger partial charge in [0.25, 0.3) is 11.8 Å². The van der Waals surface area contributed by atoms with E-state index < -0.39 is 5.91 Å². The van der Waals surface area contributed by atoms with Crippen LogP contribution in [-0.4, -0.2) is 30.1 Å². The summed E-state index contributed by atoms with van der Waals surface area (Å²) in [6.45, 7) is 6.50. The van der Waals surface area contributed by atoms with Crippen LogP contribution in [0.1, 0.15) is 40.3 Å². The van der Waals surface area contributed by atoms with Crippen LogP contribution >= 0.6 is 12.2 Å². The van der Waals surface area contributed by atoms with Crippen LogP contribution in [0, 0.1) is 6.92 Å². The lowest BCUT2D eigenvalue weighted by molar-refractivity contribution is 0.0974. The molecule has 0 radical (unpaired) electrons. The average molecular weight is 468 g/mol. The summed E-state index contributed by atoms with van der Waals surface area (Å²) in [7, 11) is 0. The summed E-state index contributed by atoms with van der Waals surface area (Å²) in [5, 5.41) is 8.56. The Balaban J connectivity index is 1.64. The van der Waals surface area contributed by atoms with Crippen molar-refractivity contribution in [3.63, 3.8) is 0 Å². The zero-order chi connectivity index (χ0) is 23.8. The van der Waals surface area contributed by atoms with Crippen LogP contribution in [0.2, 0.25) is 0 Å². The first-order valence-electron chi connectivity index (χ1n) is 10.4. The molecule has 0 aliphatic carbocycles. The fourth-order valence-electron chi connectivity index (χ4n) is 3.01. The number of carbonyl (C=O) groups excluding carboxylic acids is 2. The standard InChI is InChI=1S/C24H25N3O5S/c1-4-30-18-12-16(13-19(14-18)31-5-2)22(28)27-24(33)25-17-8-9-20(15(3)11-17)26-23(29)21-7-6-10-32-21/h6-14H,4-5H2,1-3H3,(H,26,29)(H2,25,27,28,33). The Bertz CT molecular complexity index is 1120. The molecule has 9 heteroatoms. The predicted molar refractivity (Wildman–Crippen MR) is 130 cm³/mol. The summed E-state index contributed by atoms with van der Waals surface area (Å²) in [5.41, 5.74) is 2.46. The molecule has 1 aromatic heterocycles. The molecule has 2 amide bonds. The maximum atomic E-state index is 12.7. The highest BCUT2D eigenvalue weighted by atomic mass is 32.1. The van der Waals surface area contributed by atoms with Gasteiger partial charge in [-0.2, -0.15) is 0 Å². The van der Waals surface area contributed by atoms with E-state index in [2.05, 4.69) is 16.0 Å². The van der Waals surface area contributed by atoms with Gasteiger partial charge < -0.3 is 24.5 Å². The van der Waals surface area contributed by atoms with Gasteiger partial charge in [-0.3, -0.25) is 14.9 Å². The number of benzene rings is 2. The monoisotopic (exact) mass is 467 g/mol. The summed E-state index contributed by atoms with van der Waals surface area (Å²) < 4.78 is 16.1. The van der Waals surface area contributed by atoms with Crippen molar-refractivity contribution in [1.82, 2.24) is 5.32 Å². The van der Waals surface area contributed by atoms with Crippen molar-refractivity contribution in [1.29, 1.82) is 0 Å². The molecule has 3 N–H and O–H groups in total. The number of aryl methyl sites for hydroxylation is 1. The number of nitrogens with one attached hydrogen (secondary N) is 3. The summed E-state index contributed by atoms with van der Waals surface area (Å²) >= 11 is 5.29. The Morgan fingerprint density at radius 3 is 2.21 bits per heavy atom. The molecule has 172 valence electrons. The zero-order valence-electron chi connectivity index (χ0n) is 18.6. The van der Waals surface area contributed by atoms with Crippen LogP contribution < -0.4 is 25.4 Å². The lowest BCUT2D eigenvalue weighted by Gasteiger charge is -2.14. The number of carbonyl (C=O) groups is 2. The molecular weight excluding hydrogens is 442 g/mol. The second-order valence-corrected chi connectivity index (χ2v) is 7.34. The Morgan fingerprint density at radius 2 is 1.64 bits per heavy atom. The number of hydrogen-bond acceptors (Lipinski definition) is 6. The van der Waals surface area contributed by atoms with Crippen molar-refractivity contribution in [3.8, 4) is 11.5 Å². The number of thiocarbonyl (C=S) groups is 1. The molecule has 0 aliphatic heterocycles. The second kappa shape index (κ2) is 11.1. The fourth-order valence-corrected chi connectivity index (χ4v) is 3.22. The van der Waals surface area contributed by atoms with Crippen molar-refractivity contribution in [3.05, 3.63) is 71.7 Å². The van der Waals surface area contributed by atoms with E-state index in [4.69, 9.17) is 26.1 Å². The van der Waals surface area contributed by atoms with Gasteiger partial charge >= 0.3 is 0 Å². The van der Waals surface area contributed by atoms with Crippen molar-refractivity contribution in [2.75, 3.05) is 23.8 Å². The molecule has 0 saturated heterocycles. The van der Waals surface area contributed by atoms with E-state index in [-0.39, 0.29) is 16.8 Å². The highest BCUT2D eigenvalue weighted by molar-refractivity contribution is 7.80. The Hall–Kier alpha value is -3.85. The van der Waals surface area contributed by atoms with Gasteiger partial charge in [0.05, 0.1) is 19.5 Å². The number of rotatable bonds is 8. The van der Waals surface area contributed by atoms with Gasteiger partial charge in [-0.25, -0.2) is 0 Å². The van der Waals surface area contributed by atoms with Crippen LogP contribution in [0.15, 0.2) is 59.2 Å². The molecule has 3 rings (SSSR count). The molecule has 0 unspecified atom stereocenters. The fraction of sp³-hybridized carbons (Fsp3) is 0.208. The number of amides is 2. The lowest BCUT2D eigenvalue weighted by atomic mass is 10.1. The van der Waals surface area contributed by atoms with Crippen LogP contribution in [0.4, 0.5) is 11.4 Å². The van der Waals surface area contributed by atoms with E-state index in [1.165, 1.54) is 6.26 Å². The molecule has 8 nitrogen and oxygen atoms in total. The van der Waals surface area contributed by atoms with E-state index in [9.17, 15) is 9.59 Å². The molecule has 0 bridgehead atoms. The molecular formula is C24H25N3O5S. The molecule has 3 aromatic rings. The number of hydrogen-bond donors (Lipinski definition) is 3. The van der Waals surface area contributed by atoms with Gasteiger partial charge in [0, 0.05) is 23.0 Å². The maximum Gasteiger partial charge on any atom is 0.291 e. The van der Waals surface area contributed by atoms with Gasteiger partial charge in [-0.15, -0.1) is 0 Å². The molecule has 0 atom stereocenters. The number of anilines is 2. The van der Waals surface area contributed by atoms with Crippen LogP contribution in [0.5, 0.6) is 11.5 Å². The minimum absolute atomic E-state index is 0.131. The Morgan fingerprint density at radius 1 is 0.939 bits per heavy atom. The van der Waals surface area contributed by atoms with Crippen LogP contribution in [0.3, 0.4) is 0 Å². The third kappa shape index (κ3) is 6.56. The molecule has 0 fully saturated rings. The molecule has 2 aromatic carbocycles. The van der Waals surface area contributed by atoms with E-state index in [0.717, 1.165) is 5.56 Å². The van der Waals surface area contributed by atoms with E-state index in [0.29, 0.717) is 41.7 Å². The normalized spacial score (nSPS) is 10.3. The summed E-state index contributed by atoms with van der Waals surface area (Å²) in [6, 6.07) is 13.5.